The molecule has 2 aromatic carbocycles. The number of aromatic amines is 1. The number of hydrogen-bond acceptors (Lipinski definition) is 4. The molecular weight excluding hydrogens is 388 g/mol. The molecule has 7 heteroatoms. The highest BCUT2D eigenvalue weighted by Gasteiger charge is 2.27. The van der Waals surface area contributed by atoms with Gasteiger partial charge in [0.25, 0.3) is 0 Å². The monoisotopic (exact) mass is 413 g/mol. The van der Waals surface area contributed by atoms with Gasteiger partial charge in [-0.1, -0.05) is 12.1 Å². The standard InChI is InChI=1S/C23H25F2N3O2/c1-29-17-9-8-15(21(11-17)30-2)13-28-10-4-5-16(14-28)23-18(12-26-27-23)22-19(24)6-3-7-20(22)25/h3,6-9,11-12,16H,4-5,10,13-14H2,1-2H3,(H,26,27)/t16-/m1/s1. The summed E-state index contributed by atoms with van der Waals surface area (Å²) in [5.74, 6) is 0.495. The van der Waals surface area contributed by atoms with Gasteiger partial charge in [0, 0.05) is 41.9 Å². The van der Waals surface area contributed by atoms with Gasteiger partial charge in [0.15, 0.2) is 0 Å². The number of likely N-dealkylation sites (tertiary alicyclic amines) is 1. The highest BCUT2D eigenvalue weighted by molar-refractivity contribution is 5.67. The van der Waals surface area contributed by atoms with Crippen molar-refractivity contribution in [1.82, 2.24) is 15.1 Å². The number of nitrogens with one attached hydrogen (secondary N) is 1. The molecule has 0 amide bonds. The van der Waals surface area contributed by atoms with E-state index < -0.39 is 11.6 Å². The van der Waals surface area contributed by atoms with Crippen molar-refractivity contribution in [1.29, 1.82) is 0 Å². The molecule has 4 rings (SSSR count). The minimum absolute atomic E-state index is 0.0183. The molecule has 0 radical (unpaired) electrons. The second-order valence-electron chi connectivity index (χ2n) is 7.55. The highest BCUT2D eigenvalue weighted by Crippen LogP contribution is 2.36. The minimum Gasteiger partial charge on any atom is -0.497 e. The van der Waals surface area contributed by atoms with E-state index in [0.29, 0.717) is 5.56 Å². The molecule has 0 spiro atoms. The van der Waals surface area contributed by atoms with Gasteiger partial charge in [-0.05, 0) is 37.6 Å². The summed E-state index contributed by atoms with van der Waals surface area (Å²) >= 11 is 0. The van der Waals surface area contributed by atoms with Crippen LogP contribution < -0.4 is 9.47 Å². The van der Waals surface area contributed by atoms with Gasteiger partial charge in [0.2, 0.25) is 0 Å². The van der Waals surface area contributed by atoms with Crippen LogP contribution in [0.1, 0.15) is 30.0 Å². The first kappa shape index (κ1) is 20.3. The first-order valence-corrected chi connectivity index (χ1v) is 10.0. The van der Waals surface area contributed by atoms with Crippen LogP contribution in [0.4, 0.5) is 8.78 Å². The van der Waals surface area contributed by atoms with Crippen LogP contribution in [0.3, 0.4) is 0 Å². The van der Waals surface area contributed by atoms with Crippen LogP contribution in [0.25, 0.3) is 11.1 Å². The van der Waals surface area contributed by atoms with Crippen LogP contribution in [0.2, 0.25) is 0 Å². The molecule has 1 saturated heterocycles. The lowest BCUT2D eigenvalue weighted by atomic mass is 9.90. The molecule has 0 saturated carbocycles. The van der Waals surface area contributed by atoms with Gasteiger partial charge in [-0.15, -0.1) is 0 Å². The fourth-order valence-electron chi connectivity index (χ4n) is 4.22. The SMILES string of the molecule is COc1ccc(CN2CCC[C@@H](c3[nH]ncc3-c3c(F)cccc3F)C2)c(OC)c1. The maximum absolute atomic E-state index is 14.4. The summed E-state index contributed by atoms with van der Waals surface area (Å²) in [7, 11) is 3.28. The maximum Gasteiger partial charge on any atom is 0.134 e. The summed E-state index contributed by atoms with van der Waals surface area (Å²) in [5, 5.41) is 7.10. The van der Waals surface area contributed by atoms with Crippen LogP contribution in [0.5, 0.6) is 11.5 Å². The molecule has 0 bridgehead atoms. The van der Waals surface area contributed by atoms with Crippen LogP contribution >= 0.6 is 0 Å². The number of rotatable bonds is 6. The molecule has 1 aliphatic heterocycles. The van der Waals surface area contributed by atoms with Crippen LogP contribution in [0, 0.1) is 11.6 Å². The summed E-state index contributed by atoms with van der Waals surface area (Å²) < 4.78 is 39.5. The van der Waals surface area contributed by atoms with Gasteiger partial charge < -0.3 is 9.47 Å². The van der Waals surface area contributed by atoms with Crippen molar-refractivity contribution in [2.45, 2.75) is 25.3 Å². The molecule has 5 nitrogen and oxygen atoms in total. The third kappa shape index (κ3) is 4.03. The molecule has 1 fully saturated rings. The molecule has 1 N–H and O–H groups in total. The van der Waals surface area contributed by atoms with E-state index in [2.05, 4.69) is 15.1 Å². The third-order valence-corrected chi connectivity index (χ3v) is 5.70. The lowest BCUT2D eigenvalue weighted by Gasteiger charge is -2.33. The first-order chi connectivity index (χ1) is 14.6. The average Bonchev–Trinajstić information content (AvgIpc) is 3.23. The number of ether oxygens (including phenoxy) is 2. The molecule has 0 unspecified atom stereocenters. The molecule has 3 aromatic rings. The zero-order valence-corrected chi connectivity index (χ0v) is 17.1. The van der Waals surface area contributed by atoms with Crippen molar-refractivity contribution in [3.8, 4) is 22.6 Å². The lowest BCUT2D eigenvalue weighted by molar-refractivity contribution is 0.196. The summed E-state index contributed by atoms with van der Waals surface area (Å²) in [4.78, 5) is 2.33. The Morgan fingerprint density at radius 3 is 2.67 bits per heavy atom. The normalized spacial score (nSPS) is 17.1. The summed E-state index contributed by atoms with van der Waals surface area (Å²) in [6.45, 7) is 2.44. The number of methoxy groups -OCH3 is 2. The maximum atomic E-state index is 14.4. The number of aromatic nitrogens is 2. The predicted molar refractivity (Wildman–Crippen MR) is 111 cm³/mol. The highest BCUT2D eigenvalue weighted by atomic mass is 19.1. The van der Waals surface area contributed by atoms with Crippen LogP contribution in [-0.4, -0.2) is 42.4 Å². The Hall–Kier alpha value is -2.93. The topological polar surface area (TPSA) is 50.4 Å². The van der Waals surface area contributed by atoms with E-state index in [1.54, 1.807) is 14.2 Å². The molecule has 1 aliphatic rings. The van der Waals surface area contributed by atoms with E-state index in [0.717, 1.165) is 55.2 Å². The Bertz CT molecular complexity index is 1000. The van der Waals surface area contributed by atoms with Crippen LogP contribution in [-0.2, 0) is 6.54 Å². The molecule has 1 aromatic heterocycles. The van der Waals surface area contributed by atoms with Crippen molar-refractivity contribution >= 4 is 0 Å². The van der Waals surface area contributed by atoms with Crippen molar-refractivity contribution in [3.05, 3.63) is 65.5 Å². The van der Waals surface area contributed by atoms with E-state index in [4.69, 9.17) is 9.47 Å². The fourth-order valence-corrected chi connectivity index (χ4v) is 4.22. The Labute approximate surface area is 174 Å². The summed E-state index contributed by atoms with van der Waals surface area (Å²) in [6.07, 6.45) is 3.44. The predicted octanol–water partition coefficient (Wildman–Crippen LogP) is 4.75. The van der Waals surface area contributed by atoms with E-state index in [1.165, 1.54) is 24.4 Å². The summed E-state index contributed by atoms with van der Waals surface area (Å²) in [6, 6.07) is 9.74. The Morgan fingerprint density at radius 1 is 1.13 bits per heavy atom. The van der Waals surface area contributed by atoms with Crippen molar-refractivity contribution in [2.75, 3.05) is 27.3 Å². The Morgan fingerprint density at radius 2 is 1.93 bits per heavy atom. The van der Waals surface area contributed by atoms with E-state index >= 15 is 0 Å². The van der Waals surface area contributed by atoms with E-state index in [-0.39, 0.29) is 11.5 Å². The smallest absolute Gasteiger partial charge is 0.134 e. The Balaban J connectivity index is 1.56. The zero-order valence-electron chi connectivity index (χ0n) is 17.1. The van der Waals surface area contributed by atoms with Gasteiger partial charge in [-0.2, -0.15) is 5.10 Å². The van der Waals surface area contributed by atoms with Gasteiger partial charge >= 0.3 is 0 Å². The third-order valence-electron chi connectivity index (χ3n) is 5.70. The zero-order chi connectivity index (χ0) is 21.1. The van der Waals surface area contributed by atoms with Gasteiger partial charge in [-0.3, -0.25) is 10.00 Å². The molecule has 30 heavy (non-hydrogen) atoms. The van der Waals surface area contributed by atoms with Crippen molar-refractivity contribution in [2.24, 2.45) is 0 Å². The molecule has 1 atom stereocenters. The van der Waals surface area contributed by atoms with Gasteiger partial charge in [0.1, 0.15) is 23.1 Å². The fraction of sp³-hybridized carbons (Fsp3) is 0.348. The number of piperidine rings is 1. The number of benzene rings is 2. The quantitative estimate of drug-likeness (QED) is 0.634. The number of hydrogen-bond donors (Lipinski definition) is 1. The van der Waals surface area contributed by atoms with Crippen molar-refractivity contribution in [3.63, 3.8) is 0 Å². The van der Waals surface area contributed by atoms with Crippen LogP contribution in [0.15, 0.2) is 42.6 Å². The second-order valence-corrected chi connectivity index (χ2v) is 7.55. The first-order valence-electron chi connectivity index (χ1n) is 10.0. The number of H-pyrrole nitrogens is 1. The van der Waals surface area contributed by atoms with Gasteiger partial charge in [0.05, 0.1) is 26.0 Å². The van der Waals surface area contributed by atoms with E-state index in [1.807, 2.05) is 18.2 Å². The lowest BCUT2D eigenvalue weighted by Crippen LogP contribution is -2.34. The number of nitrogens with zero attached hydrogens (tertiary/aromatic N) is 2. The second kappa shape index (κ2) is 8.83. The van der Waals surface area contributed by atoms with E-state index in [9.17, 15) is 8.78 Å². The minimum atomic E-state index is -0.576. The average molecular weight is 413 g/mol. The molecule has 158 valence electrons. The van der Waals surface area contributed by atoms with Crippen molar-refractivity contribution < 1.29 is 18.3 Å². The largest absolute Gasteiger partial charge is 0.497 e. The Kier molecular flexibility index (Phi) is 5.99. The molecule has 2 heterocycles. The molecular formula is C23H25F2N3O2. The van der Waals surface area contributed by atoms with Gasteiger partial charge in [-0.25, -0.2) is 8.78 Å². The molecule has 0 aliphatic carbocycles. The summed E-state index contributed by atoms with van der Waals surface area (Å²) in [5.41, 5.74) is 2.34. The number of halogens is 2.